The van der Waals surface area contributed by atoms with Crippen molar-refractivity contribution in [3.63, 3.8) is 0 Å². The van der Waals surface area contributed by atoms with Gasteiger partial charge in [-0.25, -0.2) is 8.42 Å². The minimum atomic E-state index is -3.38. The van der Waals surface area contributed by atoms with E-state index in [4.69, 9.17) is 4.74 Å². The lowest BCUT2D eigenvalue weighted by molar-refractivity contribution is -0.00249. The molecule has 1 fully saturated rings. The van der Waals surface area contributed by atoms with Gasteiger partial charge in [0.05, 0.1) is 24.6 Å². The number of piperidine rings is 1. The summed E-state index contributed by atoms with van der Waals surface area (Å²) >= 11 is 0. The standard InChI is InChI=1S/C19H24N4O4S/c1-21-12-16(11-20-21)18(24)22-9-7-19(8-10-22)14-23(28(2,25)26)13-15-5-3-4-6-17(15)27-19/h3-6,11-12H,7-10,13-14H2,1-2H3. The molecule has 2 aliphatic rings. The third-order valence-corrected chi connectivity index (χ3v) is 6.69. The van der Waals surface area contributed by atoms with E-state index in [1.807, 2.05) is 24.3 Å². The molecule has 1 saturated heterocycles. The van der Waals surface area contributed by atoms with E-state index >= 15 is 0 Å². The van der Waals surface area contributed by atoms with Crippen molar-refractivity contribution < 1.29 is 17.9 Å². The average Bonchev–Trinajstić information content (AvgIpc) is 3.01. The largest absolute Gasteiger partial charge is 0.485 e. The third kappa shape index (κ3) is 3.64. The van der Waals surface area contributed by atoms with E-state index in [0.29, 0.717) is 38.0 Å². The van der Waals surface area contributed by atoms with Gasteiger partial charge in [0.15, 0.2) is 0 Å². The van der Waals surface area contributed by atoms with Crippen LogP contribution in [0.1, 0.15) is 28.8 Å². The van der Waals surface area contributed by atoms with Crippen molar-refractivity contribution in [2.24, 2.45) is 7.05 Å². The molecule has 0 bridgehead atoms. The molecule has 2 aliphatic heterocycles. The zero-order valence-corrected chi connectivity index (χ0v) is 16.9. The SMILES string of the molecule is Cn1cc(C(=O)N2CCC3(CC2)CN(S(C)(=O)=O)Cc2ccccc2O3)cn1. The molecule has 0 saturated carbocycles. The number of hydrogen-bond donors (Lipinski definition) is 0. The van der Waals surface area contributed by atoms with Gasteiger partial charge in [-0.05, 0) is 6.07 Å². The van der Waals surface area contributed by atoms with Gasteiger partial charge < -0.3 is 9.64 Å². The summed E-state index contributed by atoms with van der Waals surface area (Å²) in [7, 11) is -1.60. The second-order valence-corrected chi connectivity index (χ2v) is 9.60. The number of amides is 1. The molecule has 9 heteroatoms. The van der Waals surface area contributed by atoms with Crippen LogP contribution in [0.5, 0.6) is 5.75 Å². The quantitative estimate of drug-likeness (QED) is 0.752. The number of benzene rings is 1. The number of nitrogens with zero attached hydrogens (tertiary/aromatic N) is 4. The molecular formula is C19H24N4O4S. The highest BCUT2D eigenvalue weighted by Gasteiger charge is 2.43. The zero-order valence-electron chi connectivity index (χ0n) is 16.0. The average molecular weight is 404 g/mol. The maximum absolute atomic E-state index is 12.7. The number of ether oxygens (including phenoxy) is 1. The number of aryl methyl sites for hydroxylation is 1. The van der Waals surface area contributed by atoms with Gasteiger partial charge in [-0.2, -0.15) is 9.40 Å². The topological polar surface area (TPSA) is 84.7 Å². The second-order valence-electron chi connectivity index (χ2n) is 7.62. The molecule has 1 amide bonds. The Hall–Kier alpha value is -2.39. The van der Waals surface area contributed by atoms with Crippen LogP contribution < -0.4 is 4.74 Å². The van der Waals surface area contributed by atoms with Crippen molar-refractivity contribution in [2.75, 3.05) is 25.9 Å². The number of rotatable bonds is 2. The van der Waals surface area contributed by atoms with Crippen LogP contribution in [0, 0.1) is 0 Å². The lowest BCUT2D eigenvalue weighted by Crippen LogP contribution is -2.55. The van der Waals surface area contributed by atoms with Gasteiger partial charge in [0, 0.05) is 51.3 Å². The molecule has 1 aromatic carbocycles. The highest BCUT2D eigenvalue weighted by Crippen LogP contribution is 2.36. The van der Waals surface area contributed by atoms with Crippen LogP contribution in [-0.4, -0.2) is 64.8 Å². The molecule has 0 unspecified atom stereocenters. The van der Waals surface area contributed by atoms with Crippen molar-refractivity contribution in [3.8, 4) is 5.75 Å². The van der Waals surface area contributed by atoms with Gasteiger partial charge in [-0.15, -0.1) is 0 Å². The van der Waals surface area contributed by atoms with E-state index in [1.54, 1.807) is 29.0 Å². The lowest BCUT2D eigenvalue weighted by atomic mass is 9.90. The molecule has 0 atom stereocenters. The zero-order chi connectivity index (χ0) is 19.9. The first-order valence-electron chi connectivity index (χ1n) is 9.26. The second kappa shape index (κ2) is 6.89. The Kier molecular flexibility index (Phi) is 4.67. The minimum Gasteiger partial charge on any atom is -0.485 e. The Balaban J connectivity index is 1.57. The van der Waals surface area contributed by atoms with E-state index in [2.05, 4.69) is 5.10 Å². The number of aromatic nitrogens is 2. The van der Waals surface area contributed by atoms with E-state index < -0.39 is 15.6 Å². The molecule has 8 nitrogen and oxygen atoms in total. The van der Waals surface area contributed by atoms with E-state index in [0.717, 1.165) is 11.3 Å². The minimum absolute atomic E-state index is 0.0584. The Bertz CT molecular complexity index is 993. The molecule has 1 aromatic heterocycles. The summed E-state index contributed by atoms with van der Waals surface area (Å²) in [6, 6.07) is 7.56. The third-order valence-electron chi connectivity index (χ3n) is 5.49. The van der Waals surface area contributed by atoms with Crippen LogP contribution >= 0.6 is 0 Å². The first-order valence-corrected chi connectivity index (χ1v) is 11.1. The number of carbonyl (C=O) groups excluding carboxylic acids is 1. The predicted octanol–water partition coefficient (Wildman–Crippen LogP) is 1.25. The smallest absolute Gasteiger partial charge is 0.257 e. The van der Waals surface area contributed by atoms with Crippen LogP contribution in [0.2, 0.25) is 0 Å². The maximum atomic E-state index is 12.7. The molecule has 0 aliphatic carbocycles. The lowest BCUT2D eigenvalue weighted by Gasteiger charge is -2.42. The molecule has 2 aromatic rings. The number of para-hydroxylation sites is 1. The van der Waals surface area contributed by atoms with Crippen molar-refractivity contribution in [3.05, 3.63) is 47.8 Å². The Labute approximate surface area is 164 Å². The van der Waals surface area contributed by atoms with Crippen LogP contribution in [0.3, 0.4) is 0 Å². The van der Waals surface area contributed by atoms with Gasteiger partial charge >= 0.3 is 0 Å². The summed E-state index contributed by atoms with van der Waals surface area (Å²) in [5, 5.41) is 4.06. The molecule has 0 N–H and O–H groups in total. The molecule has 150 valence electrons. The molecule has 3 heterocycles. The Morgan fingerprint density at radius 2 is 1.93 bits per heavy atom. The highest BCUT2D eigenvalue weighted by atomic mass is 32.2. The van der Waals surface area contributed by atoms with Crippen molar-refractivity contribution >= 4 is 15.9 Å². The normalized spacial score (nSPS) is 19.7. The van der Waals surface area contributed by atoms with Gasteiger partial charge in [0.25, 0.3) is 5.91 Å². The maximum Gasteiger partial charge on any atom is 0.257 e. The fourth-order valence-corrected chi connectivity index (χ4v) is 4.74. The fraction of sp³-hybridized carbons (Fsp3) is 0.474. The van der Waals surface area contributed by atoms with Crippen molar-refractivity contribution in [1.82, 2.24) is 19.0 Å². The van der Waals surface area contributed by atoms with Gasteiger partial charge in [-0.1, -0.05) is 18.2 Å². The van der Waals surface area contributed by atoms with Crippen LogP contribution in [0.25, 0.3) is 0 Å². The summed E-state index contributed by atoms with van der Waals surface area (Å²) < 4.78 is 34.1. The van der Waals surface area contributed by atoms with Crippen molar-refractivity contribution in [2.45, 2.75) is 25.0 Å². The summed E-state index contributed by atoms with van der Waals surface area (Å²) in [6.07, 6.45) is 5.64. The molecule has 1 spiro atoms. The first-order chi connectivity index (χ1) is 13.3. The number of carbonyl (C=O) groups is 1. The summed E-state index contributed by atoms with van der Waals surface area (Å²) in [5.41, 5.74) is 0.781. The van der Waals surface area contributed by atoms with Gasteiger partial charge in [-0.3, -0.25) is 9.48 Å². The summed E-state index contributed by atoms with van der Waals surface area (Å²) in [6.45, 7) is 1.60. The van der Waals surface area contributed by atoms with E-state index in [1.165, 1.54) is 10.6 Å². The van der Waals surface area contributed by atoms with E-state index in [-0.39, 0.29) is 12.5 Å². The highest BCUT2D eigenvalue weighted by molar-refractivity contribution is 7.88. The first kappa shape index (κ1) is 18.9. The number of fused-ring (bicyclic) bond motifs is 1. The van der Waals surface area contributed by atoms with Crippen molar-refractivity contribution in [1.29, 1.82) is 0 Å². The van der Waals surface area contributed by atoms with Gasteiger partial charge in [0.1, 0.15) is 11.4 Å². The molecular weight excluding hydrogens is 380 g/mol. The Morgan fingerprint density at radius 1 is 1.21 bits per heavy atom. The Morgan fingerprint density at radius 3 is 2.57 bits per heavy atom. The molecule has 28 heavy (non-hydrogen) atoms. The van der Waals surface area contributed by atoms with Gasteiger partial charge in [0.2, 0.25) is 10.0 Å². The number of likely N-dealkylation sites (tertiary alicyclic amines) is 1. The monoisotopic (exact) mass is 404 g/mol. The summed E-state index contributed by atoms with van der Waals surface area (Å²) in [4.78, 5) is 14.5. The van der Waals surface area contributed by atoms with Crippen LogP contribution in [0.15, 0.2) is 36.7 Å². The number of hydrogen-bond acceptors (Lipinski definition) is 5. The van der Waals surface area contributed by atoms with E-state index in [9.17, 15) is 13.2 Å². The molecule has 0 radical (unpaired) electrons. The van der Waals surface area contributed by atoms with Crippen LogP contribution in [0.4, 0.5) is 0 Å². The predicted molar refractivity (Wildman–Crippen MR) is 103 cm³/mol. The fourth-order valence-electron chi connectivity index (χ4n) is 3.89. The number of sulfonamides is 1. The summed E-state index contributed by atoms with van der Waals surface area (Å²) in [5.74, 6) is 0.664. The molecule has 4 rings (SSSR count). The van der Waals surface area contributed by atoms with Crippen LogP contribution in [-0.2, 0) is 23.6 Å².